The average molecular weight is 260 g/mol. The molecule has 1 aromatic heterocycles. The normalized spacial score (nSPS) is 12.6. The highest BCUT2D eigenvalue weighted by molar-refractivity contribution is 5.87. The molecule has 0 radical (unpaired) electrons. The number of rotatable bonds is 5. The number of H-pyrrole nitrogens is 1. The molecule has 0 saturated carbocycles. The van der Waals surface area contributed by atoms with Crippen LogP contribution in [0.15, 0.2) is 24.4 Å². The molecule has 0 saturated heterocycles. The Morgan fingerprint density at radius 3 is 2.84 bits per heavy atom. The number of esters is 1. The van der Waals surface area contributed by atoms with E-state index in [0.29, 0.717) is 13.0 Å². The summed E-state index contributed by atoms with van der Waals surface area (Å²) in [6.45, 7) is 4.27. The van der Waals surface area contributed by atoms with Crippen molar-refractivity contribution in [3.63, 3.8) is 0 Å². The Balaban J connectivity index is 2.24. The lowest BCUT2D eigenvalue weighted by Gasteiger charge is -2.09. The van der Waals surface area contributed by atoms with E-state index >= 15 is 0 Å². The summed E-state index contributed by atoms with van der Waals surface area (Å²) in [6, 6.07) is 5.59. The Kier molecular flexibility index (Phi) is 4.22. The third kappa shape index (κ3) is 2.79. The molecular weight excluding hydrogens is 240 g/mol. The number of para-hydroxylation sites is 1. The van der Waals surface area contributed by atoms with Crippen LogP contribution < -0.4 is 5.73 Å². The van der Waals surface area contributed by atoms with Gasteiger partial charge < -0.3 is 15.5 Å². The van der Waals surface area contributed by atoms with E-state index in [4.69, 9.17) is 10.5 Å². The van der Waals surface area contributed by atoms with E-state index in [-0.39, 0.29) is 5.97 Å². The van der Waals surface area contributed by atoms with Crippen molar-refractivity contribution < 1.29 is 9.53 Å². The highest BCUT2D eigenvalue weighted by Gasteiger charge is 2.17. The Morgan fingerprint density at radius 1 is 1.37 bits per heavy atom. The fourth-order valence-electron chi connectivity index (χ4n) is 2.31. The largest absolute Gasteiger partial charge is 0.465 e. The molecule has 0 amide bonds. The maximum atomic E-state index is 11.6. The molecule has 1 aromatic carbocycles. The van der Waals surface area contributed by atoms with Crippen molar-refractivity contribution in [2.45, 2.75) is 32.7 Å². The summed E-state index contributed by atoms with van der Waals surface area (Å²) in [5.74, 6) is -0.344. The van der Waals surface area contributed by atoms with Crippen LogP contribution in [-0.4, -0.2) is 23.6 Å². The molecule has 2 aromatic rings. The first-order valence-electron chi connectivity index (χ1n) is 6.67. The second-order valence-electron chi connectivity index (χ2n) is 4.57. The predicted octanol–water partition coefficient (Wildman–Crippen LogP) is 2.16. The number of nitrogens with one attached hydrogen (secondary N) is 1. The van der Waals surface area contributed by atoms with E-state index in [0.717, 1.165) is 22.9 Å². The molecule has 1 atom stereocenters. The molecule has 4 nitrogen and oxygen atoms in total. The number of hydrogen-bond donors (Lipinski definition) is 2. The zero-order chi connectivity index (χ0) is 13.8. The monoisotopic (exact) mass is 260 g/mol. The van der Waals surface area contributed by atoms with Gasteiger partial charge in [-0.15, -0.1) is 0 Å². The summed E-state index contributed by atoms with van der Waals surface area (Å²) in [7, 11) is 0. The van der Waals surface area contributed by atoms with Gasteiger partial charge >= 0.3 is 5.97 Å². The van der Waals surface area contributed by atoms with E-state index in [2.05, 4.69) is 24.0 Å². The molecule has 0 aliphatic carbocycles. The quantitative estimate of drug-likeness (QED) is 0.809. The van der Waals surface area contributed by atoms with E-state index in [1.54, 1.807) is 6.92 Å². The van der Waals surface area contributed by atoms with Crippen LogP contribution in [0.5, 0.6) is 0 Å². The molecule has 0 fully saturated rings. The Labute approximate surface area is 112 Å². The van der Waals surface area contributed by atoms with Crippen molar-refractivity contribution in [1.82, 2.24) is 4.98 Å². The first-order chi connectivity index (χ1) is 9.17. The molecule has 0 spiro atoms. The summed E-state index contributed by atoms with van der Waals surface area (Å²) in [5.41, 5.74) is 9.34. The number of aryl methyl sites for hydroxylation is 1. The molecule has 4 heteroatoms. The van der Waals surface area contributed by atoms with Gasteiger partial charge in [0.15, 0.2) is 0 Å². The van der Waals surface area contributed by atoms with Crippen molar-refractivity contribution >= 4 is 16.9 Å². The Bertz CT molecular complexity index is 575. The third-order valence-electron chi connectivity index (χ3n) is 3.30. The van der Waals surface area contributed by atoms with Gasteiger partial charge in [0.05, 0.1) is 6.61 Å². The van der Waals surface area contributed by atoms with E-state index < -0.39 is 6.04 Å². The SMILES string of the molecule is CCOC(=O)C(N)Cc1c[nH]c2c(CC)cccc12. The highest BCUT2D eigenvalue weighted by atomic mass is 16.5. The summed E-state index contributed by atoms with van der Waals surface area (Å²) in [5, 5.41) is 1.14. The van der Waals surface area contributed by atoms with Gasteiger partial charge in [0.2, 0.25) is 0 Å². The van der Waals surface area contributed by atoms with Crippen LogP contribution in [0.2, 0.25) is 0 Å². The molecule has 0 aliphatic heterocycles. The number of aromatic nitrogens is 1. The molecule has 102 valence electrons. The average Bonchev–Trinajstić information content (AvgIpc) is 2.82. The minimum atomic E-state index is -0.607. The van der Waals surface area contributed by atoms with Gasteiger partial charge in [-0.3, -0.25) is 4.79 Å². The molecule has 0 aliphatic rings. The topological polar surface area (TPSA) is 68.1 Å². The minimum Gasteiger partial charge on any atom is -0.465 e. The van der Waals surface area contributed by atoms with E-state index in [9.17, 15) is 4.79 Å². The van der Waals surface area contributed by atoms with Crippen molar-refractivity contribution in [3.05, 3.63) is 35.5 Å². The van der Waals surface area contributed by atoms with Gasteiger partial charge in [-0.05, 0) is 24.5 Å². The van der Waals surface area contributed by atoms with Crippen molar-refractivity contribution in [3.8, 4) is 0 Å². The summed E-state index contributed by atoms with van der Waals surface area (Å²) < 4.78 is 4.94. The van der Waals surface area contributed by atoms with Crippen LogP contribution in [0.1, 0.15) is 25.0 Å². The zero-order valence-electron chi connectivity index (χ0n) is 11.4. The lowest BCUT2D eigenvalue weighted by atomic mass is 10.0. The van der Waals surface area contributed by atoms with E-state index in [1.807, 2.05) is 12.3 Å². The van der Waals surface area contributed by atoms with Crippen LogP contribution in [0.4, 0.5) is 0 Å². The molecule has 2 rings (SSSR count). The number of ether oxygens (including phenoxy) is 1. The highest BCUT2D eigenvalue weighted by Crippen LogP contribution is 2.23. The lowest BCUT2D eigenvalue weighted by molar-refractivity contribution is -0.144. The van der Waals surface area contributed by atoms with E-state index in [1.165, 1.54) is 5.56 Å². The fraction of sp³-hybridized carbons (Fsp3) is 0.400. The van der Waals surface area contributed by atoms with Gasteiger partial charge in [0, 0.05) is 23.5 Å². The number of aromatic amines is 1. The predicted molar refractivity (Wildman–Crippen MR) is 76.0 cm³/mol. The molecule has 1 heterocycles. The van der Waals surface area contributed by atoms with Gasteiger partial charge in [0.1, 0.15) is 6.04 Å². The Morgan fingerprint density at radius 2 is 2.16 bits per heavy atom. The molecule has 1 unspecified atom stereocenters. The number of hydrogen-bond acceptors (Lipinski definition) is 3. The summed E-state index contributed by atoms with van der Waals surface area (Å²) >= 11 is 0. The van der Waals surface area contributed by atoms with Gasteiger partial charge in [-0.2, -0.15) is 0 Å². The lowest BCUT2D eigenvalue weighted by Crippen LogP contribution is -2.34. The zero-order valence-corrected chi connectivity index (χ0v) is 11.4. The maximum absolute atomic E-state index is 11.6. The Hall–Kier alpha value is -1.81. The molecule has 3 N–H and O–H groups in total. The third-order valence-corrected chi connectivity index (χ3v) is 3.30. The summed E-state index contributed by atoms with van der Waals surface area (Å²) in [6.07, 6.45) is 3.40. The van der Waals surface area contributed by atoms with Crippen LogP contribution in [0, 0.1) is 0 Å². The van der Waals surface area contributed by atoms with Crippen LogP contribution in [0.3, 0.4) is 0 Å². The smallest absolute Gasteiger partial charge is 0.323 e. The van der Waals surface area contributed by atoms with Crippen molar-refractivity contribution in [1.29, 1.82) is 0 Å². The second kappa shape index (κ2) is 5.89. The van der Waals surface area contributed by atoms with Gasteiger partial charge in [-0.1, -0.05) is 25.1 Å². The number of carbonyl (C=O) groups is 1. The molecule has 0 bridgehead atoms. The van der Waals surface area contributed by atoms with Crippen LogP contribution in [-0.2, 0) is 22.4 Å². The second-order valence-corrected chi connectivity index (χ2v) is 4.57. The molecular formula is C15H20N2O2. The first kappa shape index (κ1) is 13.6. The van der Waals surface area contributed by atoms with Crippen molar-refractivity contribution in [2.24, 2.45) is 5.73 Å². The number of benzene rings is 1. The van der Waals surface area contributed by atoms with Gasteiger partial charge in [-0.25, -0.2) is 0 Å². The minimum absolute atomic E-state index is 0.344. The standard InChI is InChI=1S/C15H20N2O2/c1-3-10-6-5-7-12-11(9-17-14(10)12)8-13(16)15(18)19-4-2/h5-7,9,13,17H,3-4,8,16H2,1-2H3. The fourth-order valence-corrected chi connectivity index (χ4v) is 2.31. The van der Waals surface area contributed by atoms with Gasteiger partial charge in [0.25, 0.3) is 0 Å². The summed E-state index contributed by atoms with van der Waals surface area (Å²) in [4.78, 5) is 14.8. The number of carbonyl (C=O) groups excluding carboxylic acids is 1. The first-order valence-corrected chi connectivity index (χ1v) is 6.67. The molecule has 19 heavy (non-hydrogen) atoms. The van der Waals surface area contributed by atoms with Crippen molar-refractivity contribution in [2.75, 3.05) is 6.61 Å². The van der Waals surface area contributed by atoms with Crippen LogP contribution >= 0.6 is 0 Å². The number of nitrogens with two attached hydrogens (primary N) is 1. The number of fused-ring (bicyclic) bond motifs is 1. The van der Waals surface area contributed by atoms with Crippen LogP contribution in [0.25, 0.3) is 10.9 Å². The maximum Gasteiger partial charge on any atom is 0.323 e.